The number of anilines is 2. The summed E-state index contributed by atoms with van der Waals surface area (Å²) in [5.74, 6) is -2.21. The molecular formula is C17H14F3N3O2. The minimum atomic E-state index is -0.777. The highest BCUT2D eigenvalue weighted by Gasteiger charge is 2.31. The van der Waals surface area contributed by atoms with Gasteiger partial charge in [-0.05, 0) is 30.3 Å². The molecule has 1 heterocycles. The second kappa shape index (κ2) is 6.84. The third-order valence-electron chi connectivity index (χ3n) is 3.76. The number of carbonyl (C=O) groups is 2. The zero-order chi connectivity index (χ0) is 18.0. The fourth-order valence-electron chi connectivity index (χ4n) is 2.63. The fourth-order valence-corrected chi connectivity index (χ4v) is 2.63. The first kappa shape index (κ1) is 16.8. The van der Waals surface area contributed by atoms with Crippen LogP contribution in [0, 0.1) is 17.5 Å². The second-order valence-corrected chi connectivity index (χ2v) is 5.61. The highest BCUT2D eigenvalue weighted by Crippen LogP contribution is 2.22. The Morgan fingerprint density at radius 1 is 1.08 bits per heavy atom. The lowest BCUT2D eigenvalue weighted by molar-refractivity contribution is -0.117. The van der Waals surface area contributed by atoms with Gasteiger partial charge in [0.25, 0.3) is 0 Å². The number of halogens is 3. The van der Waals surface area contributed by atoms with Crippen LogP contribution in [0.4, 0.5) is 29.3 Å². The van der Waals surface area contributed by atoms with Crippen LogP contribution in [0.5, 0.6) is 0 Å². The lowest BCUT2D eigenvalue weighted by Gasteiger charge is -2.17. The predicted molar refractivity (Wildman–Crippen MR) is 85.7 cm³/mol. The Morgan fingerprint density at radius 3 is 2.60 bits per heavy atom. The molecular weight excluding hydrogens is 335 g/mol. The molecule has 3 amide bonds. The summed E-state index contributed by atoms with van der Waals surface area (Å²) in [6, 6.07) is 6.96. The number of hydrogen-bond acceptors (Lipinski definition) is 2. The van der Waals surface area contributed by atoms with Crippen molar-refractivity contribution in [3.05, 3.63) is 59.9 Å². The van der Waals surface area contributed by atoms with Crippen LogP contribution >= 0.6 is 0 Å². The monoisotopic (exact) mass is 349 g/mol. The first-order valence-corrected chi connectivity index (χ1v) is 7.51. The van der Waals surface area contributed by atoms with Gasteiger partial charge < -0.3 is 15.5 Å². The van der Waals surface area contributed by atoms with Crippen molar-refractivity contribution in [2.45, 2.75) is 12.5 Å². The standard InChI is InChI=1S/C17H14F3N3O2/c18-10-2-1-3-13(6-10)23-9-12(8-16(23)24)21-17(25)22-15-7-11(19)4-5-14(15)20/h1-7,12H,8-9H2,(H2,21,22,25)/t12-/m1/s1. The third-order valence-corrected chi connectivity index (χ3v) is 3.76. The molecule has 0 aromatic heterocycles. The first-order chi connectivity index (χ1) is 11.9. The molecule has 1 fully saturated rings. The molecule has 2 aromatic rings. The van der Waals surface area contributed by atoms with E-state index in [4.69, 9.17) is 0 Å². The Balaban J connectivity index is 1.63. The smallest absolute Gasteiger partial charge is 0.319 e. The van der Waals surface area contributed by atoms with Crippen LogP contribution in [-0.2, 0) is 4.79 Å². The lowest BCUT2D eigenvalue weighted by atomic mass is 10.2. The molecule has 1 aliphatic rings. The quantitative estimate of drug-likeness (QED) is 0.895. The van der Waals surface area contributed by atoms with Gasteiger partial charge in [-0.3, -0.25) is 4.79 Å². The van der Waals surface area contributed by atoms with Gasteiger partial charge in [0, 0.05) is 24.7 Å². The predicted octanol–water partition coefficient (Wildman–Crippen LogP) is 3.03. The van der Waals surface area contributed by atoms with Crippen molar-refractivity contribution in [2.75, 3.05) is 16.8 Å². The van der Waals surface area contributed by atoms with E-state index in [9.17, 15) is 22.8 Å². The molecule has 0 bridgehead atoms. The summed E-state index contributed by atoms with van der Waals surface area (Å²) in [7, 11) is 0. The largest absolute Gasteiger partial charge is 0.333 e. The molecule has 8 heteroatoms. The van der Waals surface area contributed by atoms with Crippen LogP contribution in [0.2, 0.25) is 0 Å². The van der Waals surface area contributed by atoms with E-state index in [0.717, 1.165) is 18.2 Å². The number of urea groups is 1. The minimum absolute atomic E-state index is 0.0234. The fraction of sp³-hybridized carbons (Fsp3) is 0.176. The maximum atomic E-state index is 13.5. The van der Waals surface area contributed by atoms with E-state index in [0.29, 0.717) is 5.69 Å². The van der Waals surface area contributed by atoms with Crippen LogP contribution in [0.25, 0.3) is 0 Å². The highest BCUT2D eigenvalue weighted by molar-refractivity contribution is 5.97. The van der Waals surface area contributed by atoms with Crippen molar-refractivity contribution < 1.29 is 22.8 Å². The van der Waals surface area contributed by atoms with E-state index in [1.54, 1.807) is 6.07 Å². The van der Waals surface area contributed by atoms with Crippen molar-refractivity contribution >= 4 is 23.3 Å². The highest BCUT2D eigenvalue weighted by atomic mass is 19.1. The molecule has 1 saturated heterocycles. The molecule has 2 N–H and O–H groups in total. The van der Waals surface area contributed by atoms with Gasteiger partial charge in [-0.1, -0.05) is 6.07 Å². The summed E-state index contributed by atoms with van der Waals surface area (Å²) in [5.41, 5.74) is 0.0923. The van der Waals surface area contributed by atoms with E-state index in [2.05, 4.69) is 10.6 Å². The minimum Gasteiger partial charge on any atom is -0.333 e. The molecule has 3 rings (SSSR count). The number of amides is 3. The van der Waals surface area contributed by atoms with Crippen molar-refractivity contribution in [3.8, 4) is 0 Å². The van der Waals surface area contributed by atoms with Crippen LogP contribution in [0.15, 0.2) is 42.5 Å². The van der Waals surface area contributed by atoms with Crippen molar-refractivity contribution in [1.82, 2.24) is 5.32 Å². The van der Waals surface area contributed by atoms with Gasteiger partial charge in [-0.15, -0.1) is 0 Å². The van der Waals surface area contributed by atoms with E-state index >= 15 is 0 Å². The summed E-state index contributed by atoms with van der Waals surface area (Å²) in [6.45, 7) is 0.154. The van der Waals surface area contributed by atoms with E-state index in [1.165, 1.54) is 23.1 Å². The van der Waals surface area contributed by atoms with Crippen LogP contribution in [-0.4, -0.2) is 24.5 Å². The molecule has 0 spiro atoms. The number of carbonyl (C=O) groups excluding carboxylic acids is 2. The topological polar surface area (TPSA) is 61.4 Å². The van der Waals surface area contributed by atoms with Crippen LogP contribution in [0.1, 0.15) is 6.42 Å². The number of rotatable bonds is 3. The van der Waals surface area contributed by atoms with Crippen LogP contribution < -0.4 is 15.5 Å². The molecule has 0 aliphatic carbocycles. The second-order valence-electron chi connectivity index (χ2n) is 5.61. The molecule has 0 unspecified atom stereocenters. The zero-order valence-electron chi connectivity index (χ0n) is 12.9. The Labute approximate surface area is 141 Å². The number of hydrogen-bond donors (Lipinski definition) is 2. The Hall–Kier alpha value is -3.03. The average Bonchev–Trinajstić information content (AvgIpc) is 2.91. The lowest BCUT2D eigenvalue weighted by Crippen LogP contribution is -2.39. The van der Waals surface area contributed by atoms with Gasteiger partial charge in [0.15, 0.2) is 0 Å². The van der Waals surface area contributed by atoms with Gasteiger partial charge >= 0.3 is 6.03 Å². The number of benzene rings is 2. The van der Waals surface area contributed by atoms with Gasteiger partial charge in [0.05, 0.1) is 11.7 Å². The van der Waals surface area contributed by atoms with Gasteiger partial charge in [-0.2, -0.15) is 0 Å². The molecule has 2 aromatic carbocycles. The Kier molecular flexibility index (Phi) is 4.60. The molecule has 1 atom stereocenters. The molecule has 130 valence electrons. The molecule has 5 nitrogen and oxygen atoms in total. The zero-order valence-corrected chi connectivity index (χ0v) is 12.9. The summed E-state index contributed by atoms with van der Waals surface area (Å²) >= 11 is 0. The summed E-state index contributed by atoms with van der Waals surface area (Å²) in [5, 5.41) is 4.72. The normalized spacial score (nSPS) is 16.8. The average molecular weight is 349 g/mol. The molecule has 0 radical (unpaired) electrons. The SMILES string of the molecule is O=C(Nc1cc(F)ccc1F)N[C@@H]1CC(=O)N(c2cccc(F)c2)C1. The van der Waals surface area contributed by atoms with Crippen molar-refractivity contribution in [1.29, 1.82) is 0 Å². The first-order valence-electron chi connectivity index (χ1n) is 7.51. The van der Waals surface area contributed by atoms with Gasteiger partial charge in [0.1, 0.15) is 17.5 Å². The summed E-state index contributed by atoms with van der Waals surface area (Å²) in [6.07, 6.45) is 0.0234. The van der Waals surface area contributed by atoms with E-state index in [-0.39, 0.29) is 24.6 Å². The van der Waals surface area contributed by atoms with E-state index < -0.39 is 29.5 Å². The molecule has 0 saturated carbocycles. The van der Waals surface area contributed by atoms with Crippen molar-refractivity contribution in [3.63, 3.8) is 0 Å². The number of nitrogens with zero attached hydrogens (tertiary/aromatic N) is 1. The van der Waals surface area contributed by atoms with E-state index in [1.807, 2.05) is 0 Å². The number of nitrogens with one attached hydrogen (secondary N) is 2. The molecule has 25 heavy (non-hydrogen) atoms. The molecule has 1 aliphatic heterocycles. The van der Waals surface area contributed by atoms with Crippen molar-refractivity contribution in [2.24, 2.45) is 0 Å². The third kappa shape index (κ3) is 3.90. The summed E-state index contributed by atoms with van der Waals surface area (Å²) < 4.78 is 39.9. The van der Waals surface area contributed by atoms with Gasteiger partial charge in [-0.25, -0.2) is 18.0 Å². The summed E-state index contributed by atoms with van der Waals surface area (Å²) in [4.78, 5) is 25.3. The Morgan fingerprint density at radius 2 is 1.84 bits per heavy atom. The Bertz CT molecular complexity index is 829. The van der Waals surface area contributed by atoms with Gasteiger partial charge in [0.2, 0.25) is 5.91 Å². The van der Waals surface area contributed by atoms with Crippen LogP contribution in [0.3, 0.4) is 0 Å². The maximum Gasteiger partial charge on any atom is 0.319 e. The maximum absolute atomic E-state index is 13.5.